The van der Waals surface area contributed by atoms with Gasteiger partial charge in [0.1, 0.15) is 0 Å². The standard InChI is InChI=1S/C23H25ClN4O2/c24-22-9-5-4-8-21(22)23(29)27(13-12-26-14-16-30-17-15-26)18-20-10-11-25-28(20)19-6-2-1-3-7-19/h1-11H,12-18H2. The molecular weight excluding hydrogens is 400 g/mol. The average Bonchev–Trinajstić information content (AvgIpc) is 3.26. The molecule has 0 saturated carbocycles. The largest absolute Gasteiger partial charge is 0.379 e. The lowest BCUT2D eigenvalue weighted by Gasteiger charge is -2.30. The summed E-state index contributed by atoms with van der Waals surface area (Å²) in [6.07, 6.45) is 1.77. The molecule has 6 nitrogen and oxygen atoms in total. The van der Waals surface area contributed by atoms with Gasteiger partial charge < -0.3 is 9.64 Å². The van der Waals surface area contributed by atoms with Gasteiger partial charge >= 0.3 is 0 Å². The minimum Gasteiger partial charge on any atom is -0.379 e. The Labute approximate surface area is 181 Å². The Hall–Kier alpha value is -2.67. The Morgan fingerprint density at radius 2 is 1.77 bits per heavy atom. The SMILES string of the molecule is O=C(c1ccccc1Cl)N(CCN1CCOCC1)Cc1ccnn1-c1ccccc1. The zero-order valence-corrected chi connectivity index (χ0v) is 17.5. The molecule has 1 fully saturated rings. The first kappa shape index (κ1) is 20.6. The van der Waals surface area contributed by atoms with Crippen LogP contribution in [-0.2, 0) is 11.3 Å². The van der Waals surface area contributed by atoms with E-state index < -0.39 is 0 Å². The lowest BCUT2D eigenvalue weighted by Crippen LogP contribution is -2.43. The minimum absolute atomic E-state index is 0.0744. The molecule has 0 spiro atoms. The van der Waals surface area contributed by atoms with Crippen LogP contribution < -0.4 is 0 Å². The van der Waals surface area contributed by atoms with E-state index in [9.17, 15) is 4.79 Å². The molecule has 0 bridgehead atoms. The number of amides is 1. The summed E-state index contributed by atoms with van der Waals surface area (Å²) in [6.45, 7) is 5.08. The van der Waals surface area contributed by atoms with E-state index in [0.717, 1.165) is 44.2 Å². The van der Waals surface area contributed by atoms with Crippen LogP contribution in [0.3, 0.4) is 0 Å². The molecule has 0 atom stereocenters. The van der Waals surface area contributed by atoms with Crippen LogP contribution in [0.4, 0.5) is 0 Å². The molecule has 156 valence electrons. The number of para-hydroxylation sites is 1. The third kappa shape index (κ3) is 4.90. The first-order valence-electron chi connectivity index (χ1n) is 10.1. The van der Waals surface area contributed by atoms with Crippen molar-refractivity contribution >= 4 is 17.5 Å². The lowest BCUT2D eigenvalue weighted by atomic mass is 10.2. The number of nitrogens with zero attached hydrogens (tertiary/aromatic N) is 4. The Kier molecular flexibility index (Phi) is 6.79. The van der Waals surface area contributed by atoms with E-state index in [4.69, 9.17) is 16.3 Å². The monoisotopic (exact) mass is 424 g/mol. The molecule has 1 saturated heterocycles. The van der Waals surface area contributed by atoms with Crippen LogP contribution in [0.1, 0.15) is 16.1 Å². The Balaban J connectivity index is 1.57. The molecule has 0 aliphatic carbocycles. The van der Waals surface area contributed by atoms with Crippen LogP contribution in [0, 0.1) is 0 Å². The van der Waals surface area contributed by atoms with Crippen molar-refractivity contribution in [2.45, 2.75) is 6.54 Å². The fraction of sp³-hybridized carbons (Fsp3) is 0.304. The van der Waals surface area contributed by atoms with E-state index in [1.165, 1.54) is 0 Å². The number of carbonyl (C=O) groups excluding carboxylic acids is 1. The maximum atomic E-state index is 13.4. The maximum absolute atomic E-state index is 13.4. The fourth-order valence-corrected chi connectivity index (χ4v) is 3.81. The quantitative estimate of drug-likeness (QED) is 0.582. The van der Waals surface area contributed by atoms with Gasteiger partial charge in [-0.3, -0.25) is 9.69 Å². The van der Waals surface area contributed by atoms with Gasteiger partial charge in [0.2, 0.25) is 0 Å². The summed E-state index contributed by atoms with van der Waals surface area (Å²) < 4.78 is 7.31. The summed E-state index contributed by atoms with van der Waals surface area (Å²) in [5.74, 6) is -0.0744. The van der Waals surface area contributed by atoms with Gasteiger partial charge in [-0.05, 0) is 30.3 Å². The van der Waals surface area contributed by atoms with Crippen molar-refractivity contribution in [2.75, 3.05) is 39.4 Å². The Morgan fingerprint density at radius 1 is 1.03 bits per heavy atom. The molecule has 0 radical (unpaired) electrons. The summed E-state index contributed by atoms with van der Waals surface area (Å²) in [4.78, 5) is 17.6. The minimum atomic E-state index is -0.0744. The maximum Gasteiger partial charge on any atom is 0.255 e. The zero-order valence-electron chi connectivity index (χ0n) is 16.8. The molecule has 0 N–H and O–H groups in total. The van der Waals surface area contributed by atoms with Gasteiger partial charge in [0, 0.05) is 32.4 Å². The number of benzene rings is 2. The topological polar surface area (TPSA) is 50.6 Å². The van der Waals surface area contributed by atoms with E-state index in [2.05, 4.69) is 10.00 Å². The van der Waals surface area contributed by atoms with Crippen molar-refractivity contribution in [1.29, 1.82) is 0 Å². The van der Waals surface area contributed by atoms with Gasteiger partial charge in [-0.25, -0.2) is 4.68 Å². The number of morpholine rings is 1. The van der Waals surface area contributed by atoms with E-state index >= 15 is 0 Å². The summed E-state index contributed by atoms with van der Waals surface area (Å²) in [5.41, 5.74) is 2.44. The summed E-state index contributed by atoms with van der Waals surface area (Å²) in [5, 5.41) is 4.93. The first-order chi connectivity index (χ1) is 14.7. The zero-order chi connectivity index (χ0) is 20.8. The summed E-state index contributed by atoms with van der Waals surface area (Å²) in [7, 11) is 0. The predicted molar refractivity (Wildman–Crippen MR) is 117 cm³/mol. The Bertz CT molecular complexity index is 970. The van der Waals surface area contributed by atoms with Crippen LogP contribution in [0.2, 0.25) is 5.02 Å². The molecule has 2 aromatic carbocycles. The van der Waals surface area contributed by atoms with Crippen molar-refractivity contribution in [3.63, 3.8) is 0 Å². The highest BCUT2D eigenvalue weighted by Crippen LogP contribution is 2.19. The van der Waals surface area contributed by atoms with Crippen LogP contribution >= 0.6 is 11.6 Å². The van der Waals surface area contributed by atoms with Gasteiger partial charge in [-0.2, -0.15) is 5.10 Å². The second-order valence-corrected chi connectivity index (χ2v) is 7.64. The summed E-state index contributed by atoms with van der Waals surface area (Å²) >= 11 is 6.33. The van der Waals surface area contributed by atoms with Crippen molar-refractivity contribution in [3.8, 4) is 5.69 Å². The molecular formula is C23H25ClN4O2. The molecule has 30 heavy (non-hydrogen) atoms. The van der Waals surface area contributed by atoms with Crippen LogP contribution in [0.25, 0.3) is 5.69 Å². The number of halogens is 1. The molecule has 4 rings (SSSR count). The number of hydrogen-bond donors (Lipinski definition) is 0. The van der Waals surface area contributed by atoms with Crippen molar-refractivity contribution < 1.29 is 9.53 Å². The molecule has 1 amide bonds. The van der Waals surface area contributed by atoms with Gasteiger partial charge in [0.25, 0.3) is 5.91 Å². The highest BCUT2D eigenvalue weighted by molar-refractivity contribution is 6.33. The van der Waals surface area contributed by atoms with Crippen LogP contribution in [-0.4, -0.2) is 64.9 Å². The number of aromatic nitrogens is 2. The predicted octanol–water partition coefficient (Wildman–Crippen LogP) is 3.50. The van der Waals surface area contributed by atoms with Gasteiger partial charge in [-0.15, -0.1) is 0 Å². The highest BCUT2D eigenvalue weighted by atomic mass is 35.5. The van der Waals surface area contributed by atoms with Crippen molar-refractivity contribution in [2.24, 2.45) is 0 Å². The Morgan fingerprint density at radius 3 is 2.53 bits per heavy atom. The smallest absolute Gasteiger partial charge is 0.255 e. The first-order valence-corrected chi connectivity index (χ1v) is 10.5. The second-order valence-electron chi connectivity index (χ2n) is 7.23. The molecule has 3 aromatic rings. The number of carbonyl (C=O) groups is 1. The van der Waals surface area contributed by atoms with Crippen LogP contribution in [0.15, 0.2) is 66.9 Å². The molecule has 1 aliphatic heterocycles. The number of ether oxygens (including phenoxy) is 1. The molecule has 1 aromatic heterocycles. The van der Waals surface area contributed by atoms with Gasteiger partial charge in [0.15, 0.2) is 0 Å². The van der Waals surface area contributed by atoms with E-state index in [1.54, 1.807) is 18.3 Å². The molecule has 0 unspecified atom stereocenters. The third-order valence-electron chi connectivity index (χ3n) is 5.26. The highest BCUT2D eigenvalue weighted by Gasteiger charge is 2.21. The normalized spacial score (nSPS) is 14.6. The van der Waals surface area contributed by atoms with Gasteiger partial charge in [0.05, 0.1) is 41.7 Å². The van der Waals surface area contributed by atoms with Crippen molar-refractivity contribution in [3.05, 3.63) is 83.1 Å². The lowest BCUT2D eigenvalue weighted by molar-refractivity contribution is 0.0319. The third-order valence-corrected chi connectivity index (χ3v) is 5.59. The average molecular weight is 425 g/mol. The molecule has 2 heterocycles. The van der Waals surface area contributed by atoms with E-state index in [1.807, 2.05) is 58.1 Å². The van der Waals surface area contributed by atoms with Gasteiger partial charge in [-0.1, -0.05) is 41.9 Å². The molecule has 1 aliphatic rings. The van der Waals surface area contributed by atoms with E-state index in [-0.39, 0.29) is 5.91 Å². The second kappa shape index (κ2) is 9.89. The number of hydrogen-bond acceptors (Lipinski definition) is 4. The van der Waals surface area contributed by atoms with Crippen molar-refractivity contribution in [1.82, 2.24) is 19.6 Å². The molecule has 7 heteroatoms. The number of rotatable bonds is 7. The fourth-order valence-electron chi connectivity index (χ4n) is 3.59. The summed E-state index contributed by atoms with van der Waals surface area (Å²) in [6, 6.07) is 19.1. The van der Waals surface area contributed by atoms with Crippen LogP contribution in [0.5, 0.6) is 0 Å². The van der Waals surface area contributed by atoms with E-state index in [0.29, 0.717) is 23.7 Å².